The predicted octanol–water partition coefficient (Wildman–Crippen LogP) is 7.75. The minimum Gasteiger partial charge on any atom is -0.494 e. The molecule has 0 aliphatic carbocycles. The number of aromatic nitrogens is 2. The molecule has 2 heterocycles. The van der Waals surface area contributed by atoms with Crippen LogP contribution in [0.5, 0.6) is 11.5 Å². The van der Waals surface area contributed by atoms with Crippen molar-refractivity contribution in [3.63, 3.8) is 0 Å². The second-order valence-electron chi connectivity index (χ2n) is 9.70. The normalized spacial score (nSPS) is 12.2. The van der Waals surface area contributed by atoms with Gasteiger partial charge in [-0.05, 0) is 80.3 Å². The van der Waals surface area contributed by atoms with Crippen LogP contribution in [0.1, 0.15) is 49.9 Å². The van der Waals surface area contributed by atoms with Crippen LogP contribution in [0.15, 0.2) is 65.2 Å². The van der Waals surface area contributed by atoms with E-state index < -0.39 is 12.1 Å². The van der Waals surface area contributed by atoms with E-state index in [9.17, 15) is 9.90 Å². The molecule has 8 heteroatoms. The number of unbranched alkanes of at least 4 members (excludes halogenated alkanes) is 2. The van der Waals surface area contributed by atoms with E-state index in [1.54, 1.807) is 12.1 Å². The van der Waals surface area contributed by atoms with Crippen LogP contribution in [-0.4, -0.2) is 33.5 Å². The molecule has 0 unspecified atom stereocenters. The first-order chi connectivity index (χ1) is 18.9. The predicted molar refractivity (Wildman–Crippen MR) is 153 cm³/mol. The maximum Gasteiger partial charge on any atom is 0.344 e. The summed E-state index contributed by atoms with van der Waals surface area (Å²) in [5, 5.41) is 16.2. The molecule has 0 saturated carbocycles. The highest BCUT2D eigenvalue weighted by atomic mass is 35.5. The second kappa shape index (κ2) is 11.4. The van der Waals surface area contributed by atoms with Crippen LogP contribution in [0, 0.1) is 6.92 Å². The van der Waals surface area contributed by atoms with E-state index in [0.29, 0.717) is 35.2 Å². The van der Waals surface area contributed by atoms with E-state index in [1.807, 2.05) is 36.4 Å². The molecule has 0 radical (unpaired) electrons. The van der Waals surface area contributed by atoms with Gasteiger partial charge in [-0.2, -0.15) is 0 Å². The van der Waals surface area contributed by atoms with Gasteiger partial charge in [0.2, 0.25) is 0 Å². The molecule has 2 aromatic heterocycles. The number of carboxylic acids is 1. The molecule has 0 amide bonds. The average molecular weight is 547 g/mol. The Balaban J connectivity index is 1.59. The molecule has 0 fully saturated rings. The fourth-order valence-corrected chi connectivity index (χ4v) is 5.00. The Labute approximate surface area is 231 Å². The lowest BCUT2D eigenvalue weighted by atomic mass is 10.0. The lowest BCUT2D eigenvalue weighted by Crippen LogP contribution is -2.22. The molecule has 3 aromatic carbocycles. The van der Waals surface area contributed by atoms with Gasteiger partial charge in [0.05, 0.1) is 17.5 Å². The van der Waals surface area contributed by atoms with Gasteiger partial charge in [0.15, 0.2) is 17.5 Å². The maximum atomic E-state index is 11.3. The molecule has 1 N–H and O–H groups in total. The lowest BCUT2D eigenvalue weighted by Gasteiger charge is -2.12. The first-order valence-corrected chi connectivity index (χ1v) is 13.5. The monoisotopic (exact) mass is 546 g/mol. The van der Waals surface area contributed by atoms with Gasteiger partial charge in [0.1, 0.15) is 11.5 Å². The van der Waals surface area contributed by atoms with E-state index in [-0.39, 0.29) is 0 Å². The van der Waals surface area contributed by atoms with Crippen molar-refractivity contribution in [2.24, 2.45) is 0 Å². The number of benzene rings is 3. The Morgan fingerprint density at radius 1 is 1.08 bits per heavy atom. The highest BCUT2D eigenvalue weighted by Crippen LogP contribution is 2.36. The topological polar surface area (TPSA) is 86.7 Å². The Morgan fingerprint density at radius 3 is 2.72 bits per heavy atom. The van der Waals surface area contributed by atoms with Crippen LogP contribution >= 0.6 is 11.6 Å². The van der Waals surface area contributed by atoms with E-state index >= 15 is 0 Å². The summed E-state index contributed by atoms with van der Waals surface area (Å²) in [5.41, 5.74) is 4.73. The van der Waals surface area contributed by atoms with Crippen LogP contribution in [0.4, 0.5) is 0 Å². The van der Waals surface area contributed by atoms with E-state index in [0.717, 1.165) is 58.1 Å². The maximum absolute atomic E-state index is 11.3. The van der Waals surface area contributed by atoms with Gasteiger partial charge in [0, 0.05) is 22.2 Å². The van der Waals surface area contributed by atoms with Gasteiger partial charge in [-0.15, -0.1) is 0 Å². The molecular weight excluding hydrogens is 516 g/mol. The van der Waals surface area contributed by atoms with Crippen LogP contribution in [0.3, 0.4) is 0 Å². The summed E-state index contributed by atoms with van der Waals surface area (Å²) in [6.07, 6.45) is 2.95. The summed E-state index contributed by atoms with van der Waals surface area (Å²) in [6.45, 7) is 6.43. The molecule has 202 valence electrons. The number of rotatable bonds is 11. The molecule has 0 bridgehead atoms. The SMILES string of the molecule is CCCCCOc1ccc2c(c1)c(Cc1cccc(O[C@@H](C)C(=O)O)c1)c(C)n2-c1noc2cc(Cl)ccc12. The number of fused-ring (bicyclic) bond motifs is 2. The minimum atomic E-state index is -1.01. The molecule has 0 aliphatic heterocycles. The van der Waals surface area contributed by atoms with Gasteiger partial charge in [0.25, 0.3) is 0 Å². The molecule has 7 nitrogen and oxygen atoms in total. The summed E-state index contributed by atoms with van der Waals surface area (Å²) < 4.78 is 19.5. The number of carbonyl (C=O) groups is 1. The quantitative estimate of drug-likeness (QED) is 0.170. The largest absolute Gasteiger partial charge is 0.494 e. The van der Waals surface area contributed by atoms with Crippen LogP contribution < -0.4 is 9.47 Å². The zero-order valence-corrected chi connectivity index (χ0v) is 23.0. The fraction of sp³-hybridized carbons (Fsp3) is 0.290. The minimum absolute atomic E-state index is 0.517. The summed E-state index contributed by atoms with van der Waals surface area (Å²) in [6, 6.07) is 19.2. The highest BCUT2D eigenvalue weighted by molar-refractivity contribution is 6.31. The van der Waals surface area contributed by atoms with Crippen molar-refractivity contribution in [2.45, 2.75) is 52.6 Å². The van der Waals surface area contributed by atoms with Crippen molar-refractivity contribution in [3.8, 4) is 17.3 Å². The van der Waals surface area contributed by atoms with Gasteiger partial charge in [-0.1, -0.05) is 48.7 Å². The Kier molecular flexibility index (Phi) is 7.79. The highest BCUT2D eigenvalue weighted by Gasteiger charge is 2.21. The average Bonchev–Trinajstić information content (AvgIpc) is 3.44. The number of halogens is 1. The number of ether oxygens (including phenoxy) is 2. The Bertz CT molecular complexity index is 1640. The van der Waals surface area contributed by atoms with Crippen molar-refractivity contribution in [3.05, 3.63) is 82.5 Å². The first-order valence-electron chi connectivity index (χ1n) is 13.2. The number of aliphatic carboxylic acids is 1. The molecule has 5 rings (SSSR count). The van der Waals surface area contributed by atoms with Crippen molar-refractivity contribution in [1.29, 1.82) is 0 Å². The number of hydrogen-bond acceptors (Lipinski definition) is 5. The van der Waals surface area contributed by atoms with Gasteiger partial charge < -0.3 is 19.1 Å². The third-order valence-electron chi connectivity index (χ3n) is 6.89. The molecule has 0 aliphatic rings. The van der Waals surface area contributed by atoms with Crippen molar-refractivity contribution >= 4 is 39.4 Å². The van der Waals surface area contributed by atoms with Crippen LogP contribution in [-0.2, 0) is 11.2 Å². The molecule has 0 saturated heterocycles. The van der Waals surface area contributed by atoms with E-state index in [2.05, 4.69) is 35.7 Å². The Hall–Kier alpha value is -3.97. The van der Waals surface area contributed by atoms with Crippen molar-refractivity contribution in [2.75, 3.05) is 6.61 Å². The zero-order chi connectivity index (χ0) is 27.5. The number of nitrogens with zero attached hydrogens (tertiary/aromatic N) is 2. The summed E-state index contributed by atoms with van der Waals surface area (Å²) >= 11 is 6.18. The van der Waals surface area contributed by atoms with E-state index in [1.165, 1.54) is 6.92 Å². The fourth-order valence-electron chi connectivity index (χ4n) is 4.84. The summed E-state index contributed by atoms with van der Waals surface area (Å²) in [4.78, 5) is 11.3. The molecule has 39 heavy (non-hydrogen) atoms. The molecule has 5 aromatic rings. The summed E-state index contributed by atoms with van der Waals surface area (Å²) in [5.74, 6) is 1.02. The molecular formula is C31H31ClN2O5. The summed E-state index contributed by atoms with van der Waals surface area (Å²) in [7, 11) is 0. The van der Waals surface area contributed by atoms with Gasteiger partial charge >= 0.3 is 5.97 Å². The molecule has 0 spiro atoms. The smallest absolute Gasteiger partial charge is 0.344 e. The van der Waals surface area contributed by atoms with Crippen LogP contribution in [0.25, 0.3) is 27.7 Å². The zero-order valence-electron chi connectivity index (χ0n) is 22.2. The molecule has 1 atom stereocenters. The third kappa shape index (κ3) is 5.59. The number of hydrogen-bond donors (Lipinski definition) is 1. The van der Waals surface area contributed by atoms with Crippen molar-refractivity contribution < 1.29 is 23.9 Å². The third-order valence-corrected chi connectivity index (χ3v) is 7.12. The van der Waals surface area contributed by atoms with E-state index in [4.69, 9.17) is 25.6 Å². The van der Waals surface area contributed by atoms with Gasteiger partial charge in [-0.3, -0.25) is 4.57 Å². The first kappa shape index (κ1) is 26.6. The second-order valence-corrected chi connectivity index (χ2v) is 10.1. The lowest BCUT2D eigenvalue weighted by molar-refractivity contribution is -0.144. The van der Waals surface area contributed by atoms with Crippen LogP contribution in [0.2, 0.25) is 5.02 Å². The standard InChI is InChI=1S/C31H31ClN2O5/c1-4-5-6-14-37-23-11-13-28-27(18-23)26(16-21-8-7-9-24(15-21)38-20(3)31(35)36)19(2)34(28)30-25-12-10-22(32)17-29(25)39-33-30/h7-13,15,17-18,20H,4-6,14,16H2,1-3H3,(H,35,36)/t20-/m0/s1. The van der Waals surface area contributed by atoms with Gasteiger partial charge in [-0.25, -0.2) is 4.79 Å². The Morgan fingerprint density at radius 2 is 1.92 bits per heavy atom. The van der Waals surface area contributed by atoms with Crippen molar-refractivity contribution in [1.82, 2.24) is 9.72 Å². The number of carboxylic acid groups (broad SMARTS) is 1.